The third kappa shape index (κ3) is 2.52. The molecule has 4 nitrogen and oxygen atoms in total. The highest BCUT2D eigenvalue weighted by molar-refractivity contribution is 7.89. The zero-order chi connectivity index (χ0) is 15.7. The average molecular weight is 315 g/mol. The average Bonchev–Trinajstić information content (AvgIpc) is 2.91. The lowest BCUT2D eigenvalue weighted by molar-refractivity contribution is -0.124. The van der Waals surface area contributed by atoms with Crippen molar-refractivity contribution in [1.29, 1.82) is 0 Å². The summed E-state index contributed by atoms with van der Waals surface area (Å²) < 4.78 is 26.3. The first-order chi connectivity index (χ1) is 10.5. The molecule has 0 bridgehead atoms. The molecule has 22 heavy (non-hydrogen) atoms. The van der Waals surface area contributed by atoms with Crippen LogP contribution in [-0.2, 0) is 14.8 Å². The van der Waals surface area contributed by atoms with Gasteiger partial charge in [0, 0.05) is 6.54 Å². The molecule has 3 rings (SSSR count). The van der Waals surface area contributed by atoms with Gasteiger partial charge in [-0.25, -0.2) is 12.7 Å². The Morgan fingerprint density at radius 1 is 1.00 bits per heavy atom. The molecule has 0 spiro atoms. The van der Waals surface area contributed by atoms with Gasteiger partial charge in [-0.3, -0.25) is 4.79 Å². The lowest BCUT2D eigenvalue weighted by atomic mass is 9.98. The summed E-state index contributed by atoms with van der Waals surface area (Å²) in [6.45, 7) is 2.12. The largest absolute Gasteiger partial charge is 0.273 e. The van der Waals surface area contributed by atoms with Crippen LogP contribution in [0.4, 0.5) is 0 Å². The molecule has 1 aliphatic rings. The van der Waals surface area contributed by atoms with E-state index in [2.05, 4.69) is 0 Å². The number of carbonyl (C=O) groups is 1. The molecular formula is C17H17NO3S. The summed E-state index contributed by atoms with van der Waals surface area (Å²) in [5.41, 5.74) is 1.85. The highest BCUT2D eigenvalue weighted by Crippen LogP contribution is 2.32. The van der Waals surface area contributed by atoms with E-state index in [1.807, 2.05) is 37.3 Å². The van der Waals surface area contributed by atoms with E-state index >= 15 is 0 Å². The molecule has 1 saturated heterocycles. The van der Waals surface area contributed by atoms with Crippen LogP contribution in [0.25, 0.3) is 0 Å². The molecule has 0 saturated carbocycles. The lowest BCUT2D eigenvalue weighted by Gasteiger charge is -2.17. The summed E-state index contributed by atoms with van der Waals surface area (Å²) in [5, 5.41) is 0. The van der Waals surface area contributed by atoms with Gasteiger partial charge in [0.1, 0.15) is 0 Å². The predicted octanol–water partition coefficient (Wildman–Crippen LogP) is 2.70. The topological polar surface area (TPSA) is 54.5 Å². The molecule has 1 fully saturated rings. The Balaban J connectivity index is 1.90. The van der Waals surface area contributed by atoms with Crippen LogP contribution in [-0.4, -0.2) is 25.2 Å². The summed E-state index contributed by atoms with van der Waals surface area (Å²) in [6.07, 6.45) is 0.522. The maximum Gasteiger partial charge on any atom is 0.266 e. The SMILES string of the molecule is Cc1ccc(S(=O)(=O)N2CCC(c3ccccc3)C2=O)cc1. The molecule has 1 heterocycles. The number of hydrogen-bond donors (Lipinski definition) is 0. The second-order valence-electron chi connectivity index (χ2n) is 5.48. The Labute approximate surface area is 130 Å². The molecule has 5 heteroatoms. The number of nitrogens with zero attached hydrogens (tertiary/aromatic N) is 1. The van der Waals surface area contributed by atoms with Crippen molar-refractivity contribution in [1.82, 2.24) is 4.31 Å². The minimum Gasteiger partial charge on any atom is -0.273 e. The van der Waals surface area contributed by atoms with Crippen LogP contribution in [0, 0.1) is 6.92 Å². The number of sulfonamides is 1. The molecule has 1 unspecified atom stereocenters. The van der Waals surface area contributed by atoms with Gasteiger partial charge < -0.3 is 0 Å². The second-order valence-corrected chi connectivity index (χ2v) is 7.34. The van der Waals surface area contributed by atoms with Gasteiger partial charge in [-0.2, -0.15) is 0 Å². The van der Waals surface area contributed by atoms with E-state index in [-0.39, 0.29) is 23.3 Å². The maximum absolute atomic E-state index is 12.6. The highest BCUT2D eigenvalue weighted by Gasteiger charge is 2.40. The van der Waals surface area contributed by atoms with E-state index in [1.54, 1.807) is 24.3 Å². The normalized spacial score (nSPS) is 18.7. The molecule has 0 N–H and O–H groups in total. The smallest absolute Gasteiger partial charge is 0.266 e. The van der Waals surface area contributed by atoms with Crippen LogP contribution in [0.1, 0.15) is 23.5 Å². The molecule has 2 aromatic rings. The summed E-state index contributed by atoms with van der Waals surface area (Å²) in [5.74, 6) is -0.715. The van der Waals surface area contributed by atoms with Crippen molar-refractivity contribution in [3.8, 4) is 0 Å². The van der Waals surface area contributed by atoms with Gasteiger partial charge in [-0.1, -0.05) is 48.0 Å². The zero-order valence-corrected chi connectivity index (χ0v) is 13.1. The molecule has 1 amide bonds. The van der Waals surface area contributed by atoms with Crippen LogP contribution in [0.5, 0.6) is 0 Å². The molecule has 1 aliphatic heterocycles. The Morgan fingerprint density at radius 3 is 2.27 bits per heavy atom. The Bertz CT molecular complexity index is 782. The molecule has 1 atom stereocenters. The third-order valence-corrected chi connectivity index (χ3v) is 5.79. The minimum absolute atomic E-state index is 0.167. The highest BCUT2D eigenvalue weighted by atomic mass is 32.2. The first kappa shape index (κ1) is 14.8. The minimum atomic E-state index is -3.76. The summed E-state index contributed by atoms with van der Waals surface area (Å²) in [7, 11) is -3.76. The van der Waals surface area contributed by atoms with Crippen LogP contribution in [0.3, 0.4) is 0 Å². The second kappa shape index (κ2) is 5.57. The fraction of sp³-hybridized carbons (Fsp3) is 0.235. The monoisotopic (exact) mass is 315 g/mol. The molecule has 114 valence electrons. The van der Waals surface area contributed by atoms with Crippen LogP contribution >= 0.6 is 0 Å². The first-order valence-corrected chi connectivity index (χ1v) is 8.62. The van der Waals surface area contributed by atoms with Crippen molar-refractivity contribution in [2.45, 2.75) is 24.2 Å². The fourth-order valence-electron chi connectivity index (χ4n) is 2.72. The van der Waals surface area contributed by atoms with Crippen molar-refractivity contribution in [3.63, 3.8) is 0 Å². The van der Waals surface area contributed by atoms with Gasteiger partial charge in [0.15, 0.2) is 0 Å². The van der Waals surface area contributed by atoms with Crippen LogP contribution in [0.15, 0.2) is 59.5 Å². The van der Waals surface area contributed by atoms with Gasteiger partial charge in [-0.15, -0.1) is 0 Å². The summed E-state index contributed by atoms with van der Waals surface area (Å²) in [6, 6.07) is 15.9. The maximum atomic E-state index is 12.6. The predicted molar refractivity (Wildman–Crippen MR) is 83.9 cm³/mol. The first-order valence-electron chi connectivity index (χ1n) is 7.18. The number of rotatable bonds is 3. The fourth-order valence-corrected chi connectivity index (χ4v) is 4.17. The Kier molecular flexibility index (Phi) is 3.74. The van der Waals surface area contributed by atoms with Crippen molar-refractivity contribution in [2.75, 3.05) is 6.54 Å². The van der Waals surface area contributed by atoms with Crippen molar-refractivity contribution in [3.05, 3.63) is 65.7 Å². The molecule has 0 aromatic heterocycles. The van der Waals surface area contributed by atoms with E-state index in [4.69, 9.17) is 0 Å². The van der Waals surface area contributed by atoms with Crippen molar-refractivity contribution < 1.29 is 13.2 Å². The lowest BCUT2D eigenvalue weighted by Crippen LogP contribution is -2.33. The Morgan fingerprint density at radius 2 is 1.64 bits per heavy atom. The Hall–Kier alpha value is -2.14. The summed E-state index contributed by atoms with van der Waals surface area (Å²) in [4.78, 5) is 12.7. The van der Waals surface area contributed by atoms with Gasteiger partial charge in [-0.05, 0) is 31.0 Å². The number of hydrogen-bond acceptors (Lipinski definition) is 3. The zero-order valence-electron chi connectivity index (χ0n) is 12.3. The number of benzene rings is 2. The molecule has 2 aromatic carbocycles. The molecule has 0 aliphatic carbocycles. The standard InChI is InChI=1S/C17H17NO3S/c1-13-7-9-15(10-8-13)22(20,21)18-12-11-16(17(18)19)14-5-3-2-4-6-14/h2-10,16H,11-12H2,1H3. The van der Waals surface area contributed by atoms with Gasteiger partial charge >= 0.3 is 0 Å². The van der Waals surface area contributed by atoms with E-state index < -0.39 is 10.0 Å². The van der Waals surface area contributed by atoms with E-state index in [0.29, 0.717) is 6.42 Å². The van der Waals surface area contributed by atoms with Gasteiger partial charge in [0.2, 0.25) is 5.91 Å². The summed E-state index contributed by atoms with van der Waals surface area (Å²) >= 11 is 0. The van der Waals surface area contributed by atoms with Gasteiger partial charge in [0.05, 0.1) is 10.8 Å². The van der Waals surface area contributed by atoms with Crippen LogP contribution < -0.4 is 0 Å². The third-order valence-electron chi connectivity index (χ3n) is 3.98. The number of carbonyl (C=O) groups excluding carboxylic acids is 1. The van der Waals surface area contributed by atoms with E-state index in [0.717, 1.165) is 15.4 Å². The quantitative estimate of drug-likeness (QED) is 0.875. The van der Waals surface area contributed by atoms with E-state index in [1.165, 1.54) is 0 Å². The molecular weight excluding hydrogens is 298 g/mol. The van der Waals surface area contributed by atoms with Crippen LogP contribution in [0.2, 0.25) is 0 Å². The number of aryl methyl sites for hydroxylation is 1. The van der Waals surface area contributed by atoms with Crippen molar-refractivity contribution in [2.24, 2.45) is 0 Å². The van der Waals surface area contributed by atoms with Crippen molar-refractivity contribution >= 4 is 15.9 Å². The molecule has 0 radical (unpaired) electrons. The van der Waals surface area contributed by atoms with E-state index in [9.17, 15) is 13.2 Å². The van der Waals surface area contributed by atoms with Gasteiger partial charge in [0.25, 0.3) is 10.0 Å². The number of amides is 1.